The van der Waals surface area contributed by atoms with Crippen molar-refractivity contribution >= 4 is 12.2 Å². The number of benzene rings is 2. The van der Waals surface area contributed by atoms with Crippen LogP contribution in [0.3, 0.4) is 0 Å². The van der Waals surface area contributed by atoms with E-state index in [1.54, 1.807) is 0 Å². The van der Waals surface area contributed by atoms with Gasteiger partial charge in [0.15, 0.2) is 0 Å². The normalized spacial score (nSPS) is 11.4. The summed E-state index contributed by atoms with van der Waals surface area (Å²) in [4.78, 5) is 2.22. The number of nitrogens with zero attached hydrogens (tertiary/aromatic N) is 1. The molecule has 0 saturated carbocycles. The van der Waals surface area contributed by atoms with Crippen LogP contribution in [0.25, 0.3) is 12.2 Å². The van der Waals surface area contributed by atoms with Gasteiger partial charge in [0.25, 0.3) is 0 Å². The van der Waals surface area contributed by atoms with Crippen LogP contribution in [0.2, 0.25) is 0 Å². The summed E-state index contributed by atoms with van der Waals surface area (Å²) in [6.07, 6.45) is 4.42. The minimum Gasteiger partial charge on any atom is -0.305 e. The zero-order valence-corrected chi connectivity index (χ0v) is 12.9. The highest BCUT2D eigenvalue weighted by Gasteiger charge is 2.06. The topological polar surface area (TPSA) is 3.24 Å². The van der Waals surface area contributed by atoms with E-state index in [0.717, 1.165) is 6.54 Å². The van der Waals surface area contributed by atoms with Crippen LogP contribution in [0.1, 0.15) is 27.8 Å². The Morgan fingerprint density at radius 3 is 2.30 bits per heavy atom. The van der Waals surface area contributed by atoms with E-state index in [0.29, 0.717) is 0 Å². The number of hydrogen-bond acceptors (Lipinski definition) is 1. The van der Waals surface area contributed by atoms with Crippen molar-refractivity contribution in [2.75, 3.05) is 14.1 Å². The minimum atomic E-state index is 0.973. The van der Waals surface area contributed by atoms with E-state index in [4.69, 9.17) is 0 Å². The molecule has 1 nitrogen and oxygen atoms in total. The predicted molar refractivity (Wildman–Crippen MR) is 88.7 cm³/mol. The molecule has 0 N–H and O–H groups in total. The second-order valence-corrected chi connectivity index (χ2v) is 5.63. The number of rotatable bonds is 4. The first-order chi connectivity index (χ1) is 9.56. The van der Waals surface area contributed by atoms with Gasteiger partial charge in [0.05, 0.1) is 0 Å². The fourth-order valence-electron chi connectivity index (χ4n) is 2.46. The fourth-order valence-corrected chi connectivity index (χ4v) is 2.46. The van der Waals surface area contributed by atoms with E-state index in [1.807, 2.05) is 6.07 Å². The van der Waals surface area contributed by atoms with Crippen molar-refractivity contribution in [3.63, 3.8) is 0 Å². The lowest BCUT2D eigenvalue weighted by atomic mass is 9.97. The Morgan fingerprint density at radius 2 is 1.65 bits per heavy atom. The lowest BCUT2D eigenvalue weighted by Gasteiger charge is -2.16. The van der Waals surface area contributed by atoms with Gasteiger partial charge in [0.2, 0.25) is 0 Å². The molecule has 104 valence electrons. The molecule has 20 heavy (non-hydrogen) atoms. The van der Waals surface area contributed by atoms with E-state index in [2.05, 4.69) is 81.4 Å². The second kappa shape index (κ2) is 6.53. The minimum absolute atomic E-state index is 0.973. The Bertz CT molecular complexity index is 595. The SMILES string of the molecule is Cc1cc(C)c(CN(C)C)c(/C=C/c2ccccc2)c1. The van der Waals surface area contributed by atoms with Gasteiger partial charge in [-0.3, -0.25) is 0 Å². The van der Waals surface area contributed by atoms with Crippen LogP contribution >= 0.6 is 0 Å². The first-order valence-electron chi connectivity index (χ1n) is 7.04. The molecule has 0 aromatic heterocycles. The Balaban J connectivity index is 2.37. The molecule has 0 spiro atoms. The van der Waals surface area contributed by atoms with Crippen LogP contribution in [-0.4, -0.2) is 19.0 Å². The third-order valence-electron chi connectivity index (χ3n) is 3.38. The van der Waals surface area contributed by atoms with Crippen molar-refractivity contribution in [3.8, 4) is 0 Å². The molecule has 0 saturated heterocycles. The molecule has 0 fully saturated rings. The average molecular weight is 265 g/mol. The molecule has 2 aromatic carbocycles. The zero-order valence-electron chi connectivity index (χ0n) is 12.9. The van der Waals surface area contributed by atoms with Gasteiger partial charge in [0.1, 0.15) is 0 Å². The van der Waals surface area contributed by atoms with Crippen molar-refractivity contribution in [1.29, 1.82) is 0 Å². The highest BCUT2D eigenvalue weighted by Crippen LogP contribution is 2.21. The van der Waals surface area contributed by atoms with Crippen molar-refractivity contribution in [2.24, 2.45) is 0 Å². The third kappa shape index (κ3) is 3.82. The summed E-state index contributed by atoms with van der Waals surface area (Å²) < 4.78 is 0. The number of aryl methyl sites for hydroxylation is 2. The Kier molecular flexibility index (Phi) is 4.75. The molecule has 0 aliphatic rings. The molecule has 0 radical (unpaired) electrons. The van der Waals surface area contributed by atoms with E-state index >= 15 is 0 Å². The third-order valence-corrected chi connectivity index (χ3v) is 3.38. The largest absolute Gasteiger partial charge is 0.305 e. The summed E-state index contributed by atoms with van der Waals surface area (Å²) in [7, 11) is 4.23. The summed E-state index contributed by atoms with van der Waals surface area (Å²) >= 11 is 0. The van der Waals surface area contributed by atoms with Crippen LogP contribution in [0, 0.1) is 13.8 Å². The molecule has 2 aromatic rings. The maximum absolute atomic E-state index is 2.27. The predicted octanol–water partition coefficient (Wildman–Crippen LogP) is 4.54. The van der Waals surface area contributed by atoms with Crippen LogP contribution < -0.4 is 0 Å². The molecule has 0 bridgehead atoms. The lowest BCUT2D eigenvalue weighted by molar-refractivity contribution is 0.401. The first kappa shape index (κ1) is 14.5. The maximum atomic E-state index is 2.27. The quantitative estimate of drug-likeness (QED) is 0.734. The smallest absolute Gasteiger partial charge is 0.0236 e. The highest BCUT2D eigenvalue weighted by atomic mass is 15.0. The van der Waals surface area contributed by atoms with Crippen molar-refractivity contribution in [1.82, 2.24) is 4.90 Å². The Morgan fingerprint density at radius 1 is 0.950 bits per heavy atom. The fraction of sp³-hybridized carbons (Fsp3) is 0.263. The summed E-state index contributed by atoms with van der Waals surface area (Å²) in [5, 5.41) is 0. The molecule has 0 unspecified atom stereocenters. The monoisotopic (exact) mass is 265 g/mol. The van der Waals surface area contributed by atoms with Gasteiger partial charge in [-0.15, -0.1) is 0 Å². The summed E-state index contributed by atoms with van der Waals surface area (Å²) in [5.74, 6) is 0. The van der Waals surface area contributed by atoms with Gasteiger partial charge in [-0.25, -0.2) is 0 Å². The van der Waals surface area contributed by atoms with E-state index in [9.17, 15) is 0 Å². The van der Waals surface area contributed by atoms with Gasteiger partial charge in [0, 0.05) is 6.54 Å². The molecular weight excluding hydrogens is 242 g/mol. The Hall–Kier alpha value is -1.86. The summed E-state index contributed by atoms with van der Waals surface area (Å²) in [6.45, 7) is 5.33. The Labute approximate surface area is 122 Å². The van der Waals surface area contributed by atoms with Gasteiger partial charge in [-0.2, -0.15) is 0 Å². The van der Waals surface area contributed by atoms with E-state index < -0.39 is 0 Å². The van der Waals surface area contributed by atoms with Gasteiger partial charge in [-0.1, -0.05) is 60.2 Å². The molecule has 0 aliphatic carbocycles. The summed E-state index contributed by atoms with van der Waals surface area (Å²) in [6, 6.07) is 15.0. The molecular formula is C19H23N. The standard InChI is InChI=1S/C19H23N/c1-15-12-16(2)19(14-20(3)4)18(13-15)11-10-17-8-6-5-7-9-17/h5-13H,14H2,1-4H3/b11-10+. The molecule has 0 atom stereocenters. The molecule has 0 heterocycles. The van der Waals surface area contributed by atoms with Crippen LogP contribution in [-0.2, 0) is 6.54 Å². The molecule has 2 rings (SSSR count). The van der Waals surface area contributed by atoms with Crippen LogP contribution in [0.15, 0.2) is 42.5 Å². The van der Waals surface area contributed by atoms with Gasteiger partial charge < -0.3 is 4.90 Å². The first-order valence-corrected chi connectivity index (χ1v) is 7.04. The second-order valence-electron chi connectivity index (χ2n) is 5.63. The highest BCUT2D eigenvalue weighted by molar-refractivity contribution is 5.72. The van der Waals surface area contributed by atoms with Crippen LogP contribution in [0.4, 0.5) is 0 Å². The van der Waals surface area contributed by atoms with E-state index in [-0.39, 0.29) is 0 Å². The van der Waals surface area contributed by atoms with Crippen LogP contribution in [0.5, 0.6) is 0 Å². The summed E-state index contributed by atoms with van der Waals surface area (Å²) in [5.41, 5.74) is 6.65. The zero-order chi connectivity index (χ0) is 14.5. The van der Waals surface area contributed by atoms with E-state index in [1.165, 1.54) is 27.8 Å². The number of hydrogen-bond donors (Lipinski definition) is 0. The average Bonchev–Trinajstić information content (AvgIpc) is 2.40. The molecule has 0 aliphatic heterocycles. The van der Waals surface area contributed by atoms with Crippen molar-refractivity contribution in [2.45, 2.75) is 20.4 Å². The van der Waals surface area contributed by atoms with Gasteiger partial charge in [-0.05, 0) is 50.2 Å². The maximum Gasteiger partial charge on any atom is 0.0236 e. The lowest BCUT2D eigenvalue weighted by Crippen LogP contribution is -2.13. The van der Waals surface area contributed by atoms with Gasteiger partial charge >= 0.3 is 0 Å². The molecule has 1 heteroatoms. The molecule has 0 amide bonds. The van der Waals surface area contributed by atoms with Crippen molar-refractivity contribution < 1.29 is 0 Å². The van der Waals surface area contributed by atoms with Crippen molar-refractivity contribution in [3.05, 3.63) is 70.3 Å².